The van der Waals surface area contributed by atoms with Crippen molar-refractivity contribution in [3.8, 4) is 11.3 Å². The van der Waals surface area contributed by atoms with E-state index in [1.807, 2.05) is 0 Å². The Morgan fingerprint density at radius 1 is 1.20 bits per heavy atom. The van der Waals surface area contributed by atoms with E-state index < -0.39 is 0 Å². The van der Waals surface area contributed by atoms with Gasteiger partial charge in [-0.25, -0.2) is 14.4 Å². The Morgan fingerprint density at radius 2 is 2.00 bits per heavy atom. The SMILES string of the molecule is Fc1cccc(-c2nc(Cl)ncc2Cl)c1. The summed E-state index contributed by atoms with van der Waals surface area (Å²) in [6.07, 6.45) is 1.39. The topological polar surface area (TPSA) is 25.8 Å². The van der Waals surface area contributed by atoms with Gasteiger partial charge in [-0.3, -0.25) is 0 Å². The zero-order chi connectivity index (χ0) is 10.8. The van der Waals surface area contributed by atoms with E-state index in [2.05, 4.69) is 9.97 Å². The van der Waals surface area contributed by atoms with Crippen LogP contribution in [0.4, 0.5) is 4.39 Å². The summed E-state index contributed by atoms with van der Waals surface area (Å²) in [5.41, 5.74) is 1.00. The molecular formula is C10H5Cl2FN2. The number of rotatable bonds is 1. The number of benzene rings is 1. The van der Waals surface area contributed by atoms with Gasteiger partial charge in [0.15, 0.2) is 0 Å². The highest BCUT2D eigenvalue weighted by Crippen LogP contribution is 2.26. The van der Waals surface area contributed by atoms with Crippen molar-refractivity contribution in [1.29, 1.82) is 0 Å². The van der Waals surface area contributed by atoms with Gasteiger partial charge in [0, 0.05) is 5.56 Å². The third kappa shape index (κ3) is 2.25. The summed E-state index contributed by atoms with van der Waals surface area (Å²) in [5, 5.41) is 0.420. The van der Waals surface area contributed by atoms with Crippen LogP contribution >= 0.6 is 23.2 Å². The Hall–Kier alpha value is -1.19. The van der Waals surface area contributed by atoms with Crippen LogP contribution in [0.1, 0.15) is 0 Å². The number of nitrogens with zero attached hydrogens (tertiary/aromatic N) is 2. The zero-order valence-corrected chi connectivity index (χ0v) is 8.93. The molecule has 1 aromatic carbocycles. The summed E-state index contributed by atoms with van der Waals surface area (Å²) in [4.78, 5) is 7.66. The second kappa shape index (κ2) is 4.13. The molecule has 2 aromatic rings. The summed E-state index contributed by atoms with van der Waals surface area (Å²) < 4.78 is 13.0. The fourth-order valence-corrected chi connectivity index (χ4v) is 1.52. The second-order valence-electron chi connectivity index (χ2n) is 2.85. The molecule has 0 bridgehead atoms. The Morgan fingerprint density at radius 3 is 2.73 bits per heavy atom. The Bertz CT molecular complexity index is 503. The van der Waals surface area contributed by atoms with Gasteiger partial charge in [0.1, 0.15) is 5.82 Å². The lowest BCUT2D eigenvalue weighted by atomic mass is 10.1. The van der Waals surface area contributed by atoms with Crippen LogP contribution in [0, 0.1) is 5.82 Å². The minimum Gasteiger partial charge on any atom is -0.225 e. The monoisotopic (exact) mass is 242 g/mol. The first-order valence-electron chi connectivity index (χ1n) is 4.11. The van der Waals surface area contributed by atoms with Crippen molar-refractivity contribution in [2.75, 3.05) is 0 Å². The molecule has 0 atom stereocenters. The maximum absolute atomic E-state index is 13.0. The third-order valence-electron chi connectivity index (χ3n) is 1.81. The highest BCUT2D eigenvalue weighted by Gasteiger charge is 2.07. The van der Waals surface area contributed by atoms with Gasteiger partial charge in [-0.05, 0) is 23.7 Å². The highest BCUT2D eigenvalue weighted by molar-refractivity contribution is 6.33. The van der Waals surface area contributed by atoms with Crippen molar-refractivity contribution in [2.24, 2.45) is 0 Å². The lowest BCUT2D eigenvalue weighted by molar-refractivity contribution is 0.628. The number of hydrogen-bond donors (Lipinski definition) is 0. The summed E-state index contributed by atoms with van der Waals surface area (Å²) in [5.74, 6) is -0.349. The molecule has 2 rings (SSSR count). The average molecular weight is 243 g/mol. The molecule has 0 saturated carbocycles. The summed E-state index contributed by atoms with van der Waals surface area (Å²) in [6.45, 7) is 0. The van der Waals surface area contributed by atoms with Crippen LogP contribution < -0.4 is 0 Å². The van der Waals surface area contributed by atoms with Gasteiger partial charge in [0.25, 0.3) is 0 Å². The van der Waals surface area contributed by atoms with Crippen LogP contribution in [0.5, 0.6) is 0 Å². The molecule has 15 heavy (non-hydrogen) atoms. The van der Waals surface area contributed by atoms with E-state index in [-0.39, 0.29) is 11.1 Å². The van der Waals surface area contributed by atoms with E-state index >= 15 is 0 Å². The normalized spacial score (nSPS) is 10.3. The van der Waals surface area contributed by atoms with E-state index in [0.29, 0.717) is 16.3 Å². The molecule has 0 N–H and O–H groups in total. The van der Waals surface area contributed by atoms with Crippen LogP contribution in [0.3, 0.4) is 0 Å². The van der Waals surface area contributed by atoms with Crippen molar-refractivity contribution in [2.45, 2.75) is 0 Å². The van der Waals surface area contributed by atoms with Gasteiger partial charge >= 0.3 is 0 Å². The fourth-order valence-electron chi connectivity index (χ4n) is 1.18. The van der Waals surface area contributed by atoms with Gasteiger partial charge in [0.05, 0.1) is 16.9 Å². The molecule has 0 radical (unpaired) electrons. The first-order chi connectivity index (χ1) is 7.16. The van der Waals surface area contributed by atoms with Crippen LogP contribution in [-0.4, -0.2) is 9.97 Å². The van der Waals surface area contributed by atoms with Crippen LogP contribution in [0.15, 0.2) is 30.5 Å². The maximum Gasteiger partial charge on any atom is 0.222 e. The molecular weight excluding hydrogens is 238 g/mol. The van der Waals surface area contributed by atoms with Crippen molar-refractivity contribution in [3.63, 3.8) is 0 Å². The Labute approximate surface area is 95.7 Å². The highest BCUT2D eigenvalue weighted by atomic mass is 35.5. The van der Waals surface area contributed by atoms with Crippen molar-refractivity contribution in [1.82, 2.24) is 9.97 Å². The quantitative estimate of drug-likeness (QED) is 0.715. The Kier molecular flexibility index (Phi) is 2.84. The van der Waals surface area contributed by atoms with E-state index in [9.17, 15) is 4.39 Å². The molecule has 0 unspecified atom stereocenters. The van der Waals surface area contributed by atoms with E-state index in [1.54, 1.807) is 12.1 Å². The van der Waals surface area contributed by atoms with Gasteiger partial charge in [0.2, 0.25) is 5.28 Å². The van der Waals surface area contributed by atoms with Gasteiger partial charge in [-0.15, -0.1) is 0 Å². The Balaban J connectivity index is 2.58. The molecule has 0 saturated heterocycles. The van der Waals surface area contributed by atoms with Gasteiger partial charge in [-0.2, -0.15) is 0 Å². The zero-order valence-electron chi connectivity index (χ0n) is 7.42. The molecule has 0 spiro atoms. The minimum atomic E-state index is -0.349. The molecule has 76 valence electrons. The molecule has 2 nitrogen and oxygen atoms in total. The van der Waals surface area contributed by atoms with Crippen LogP contribution in [0.2, 0.25) is 10.3 Å². The smallest absolute Gasteiger partial charge is 0.222 e. The van der Waals surface area contributed by atoms with E-state index in [0.717, 1.165) is 0 Å². The van der Waals surface area contributed by atoms with Gasteiger partial charge < -0.3 is 0 Å². The van der Waals surface area contributed by atoms with Crippen LogP contribution in [-0.2, 0) is 0 Å². The molecule has 0 aliphatic heterocycles. The second-order valence-corrected chi connectivity index (χ2v) is 3.59. The molecule has 1 aromatic heterocycles. The van der Waals surface area contributed by atoms with Crippen LogP contribution in [0.25, 0.3) is 11.3 Å². The summed E-state index contributed by atoms with van der Waals surface area (Å²) >= 11 is 11.5. The third-order valence-corrected chi connectivity index (χ3v) is 2.27. The molecule has 1 heterocycles. The van der Waals surface area contributed by atoms with Gasteiger partial charge in [-0.1, -0.05) is 23.7 Å². The van der Waals surface area contributed by atoms with Crippen molar-refractivity contribution >= 4 is 23.2 Å². The minimum absolute atomic E-state index is 0.0821. The van der Waals surface area contributed by atoms with E-state index in [1.165, 1.54) is 18.3 Å². The maximum atomic E-state index is 13.0. The summed E-state index contributed by atoms with van der Waals surface area (Å²) in [6, 6.07) is 5.97. The number of hydrogen-bond acceptors (Lipinski definition) is 2. The van der Waals surface area contributed by atoms with Crippen molar-refractivity contribution in [3.05, 3.63) is 46.6 Å². The molecule has 0 amide bonds. The number of aromatic nitrogens is 2. The first kappa shape index (κ1) is 10.3. The fraction of sp³-hybridized carbons (Fsp3) is 0. The van der Waals surface area contributed by atoms with E-state index in [4.69, 9.17) is 23.2 Å². The predicted molar refractivity (Wildman–Crippen MR) is 57.4 cm³/mol. The lowest BCUT2D eigenvalue weighted by Crippen LogP contribution is -1.89. The first-order valence-corrected chi connectivity index (χ1v) is 4.86. The predicted octanol–water partition coefficient (Wildman–Crippen LogP) is 3.59. The van der Waals surface area contributed by atoms with Crippen molar-refractivity contribution < 1.29 is 4.39 Å². The summed E-state index contributed by atoms with van der Waals surface area (Å²) in [7, 11) is 0. The molecule has 0 aliphatic rings. The lowest BCUT2D eigenvalue weighted by Gasteiger charge is -2.03. The number of halogens is 3. The molecule has 0 fully saturated rings. The molecule has 5 heteroatoms. The average Bonchev–Trinajstić information content (AvgIpc) is 2.22. The molecule has 0 aliphatic carbocycles. The largest absolute Gasteiger partial charge is 0.225 e. The standard InChI is InChI=1S/C10H5Cl2FN2/c11-8-5-14-10(12)15-9(8)6-2-1-3-7(13)4-6/h1-5H.